The molecule has 1 aromatic carbocycles. The van der Waals surface area contributed by atoms with E-state index < -0.39 is 0 Å². The molecule has 0 aliphatic heterocycles. The molecule has 0 bridgehead atoms. The lowest BCUT2D eigenvalue weighted by Gasteiger charge is -2.07. The molecule has 0 unspecified atom stereocenters. The van der Waals surface area contributed by atoms with E-state index in [1.807, 2.05) is 31.4 Å². The van der Waals surface area contributed by atoms with Gasteiger partial charge < -0.3 is 4.74 Å². The van der Waals surface area contributed by atoms with Crippen molar-refractivity contribution in [3.63, 3.8) is 0 Å². The van der Waals surface area contributed by atoms with Crippen LogP contribution in [0.15, 0.2) is 32.9 Å². The van der Waals surface area contributed by atoms with Gasteiger partial charge in [-0.15, -0.1) is 10.2 Å². The topological polar surface area (TPSA) is 52.3 Å². The van der Waals surface area contributed by atoms with Crippen molar-refractivity contribution in [1.82, 2.24) is 14.9 Å². The van der Waals surface area contributed by atoms with Gasteiger partial charge in [0, 0.05) is 0 Å². The minimum absolute atomic E-state index is 0.711. The highest BCUT2D eigenvalue weighted by atomic mass is 79.9. The van der Waals surface area contributed by atoms with Crippen molar-refractivity contribution < 1.29 is 4.74 Å². The van der Waals surface area contributed by atoms with Crippen molar-refractivity contribution in [1.29, 1.82) is 0 Å². The van der Waals surface area contributed by atoms with Crippen LogP contribution in [0.4, 0.5) is 0 Å². The Hall–Kier alpha value is -1.34. The van der Waals surface area contributed by atoms with E-state index in [0.717, 1.165) is 33.2 Å². The number of benzene rings is 1. The van der Waals surface area contributed by atoms with Crippen molar-refractivity contribution in [3.05, 3.63) is 34.1 Å². The fourth-order valence-electron chi connectivity index (χ4n) is 1.65. The minimum Gasteiger partial charge on any atom is -0.492 e. The predicted octanol–water partition coefficient (Wildman–Crippen LogP) is 3.74. The van der Waals surface area contributed by atoms with Gasteiger partial charge in [0.2, 0.25) is 5.16 Å². The van der Waals surface area contributed by atoms with Crippen LogP contribution in [-0.2, 0) is 0 Å². The lowest BCUT2D eigenvalue weighted by atomic mass is 10.2. The highest BCUT2D eigenvalue weighted by Crippen LogP contribution is 2.25. The molecule has 2 rings (SSSR count). The standard InChI is InChI=1S/C14H17BrN4OS/c1-4-7-20-13-6-5-11(8-12(13)15)9-16-19-10(2)17-18-14(19)21-3/h5-6,8-9H,4,7H2,1-3H3/b16-9-. The second kappa shape index (κ2) is 7.61. The molecule has 0 radical (unpaired) electrons. The van der Waals surface area contributed by atoms with Crippen LogP contribution in [0.5, 0.6) is 5.75 Å². The number of thioether (sulfide) groups is 1. The van der Waals surface area contributed by atoms with Gasteiger partial charge in [0.25, 0.3) is 0 Å². The summed E-state index contributed by atoms with van der Waals surface area (Å²) >= 11 is 5.03. The monoisotopic (exact) mass is 368 g/mol. The molecule has 2 aromatic rings. The van der Waals surface area contributed by atoms with Crippen molar-refractivity contribution in [2.45, 2.75) is 25.4 Å². The van der Waals surface area contributed by atoms with Gasteiger partial charge >= 0.3 is 0 Å². The molecule has 7 heteroatoms. The molecule has 0 amide bonds. The van der Waals surface area contributed by atoms with Gasteiger partial charge in [-0.2, -0.15) is 9.78 Å². The number of nitrogens with zero attached hydrogens (tertiary/aromatic N) is 4. The molecule has 0 fully saturated rings. The second-order valence-electron chi connectivity index (χ2n) is 4.33. The number of hydrogen-bond acceptors (Lipinski definition) is 5. The largest absolute Gasteiger partial charge is 0.492 e. The quantitative estimate of drug-likeness (QED) is 0.575. The lowest BCUT2D eigenvalue weighted by Crippen LogP contribution is -1.97. The Labute approximate surface area is 136 Å². The van der Waals surface area contributed by atoms with Crippen LogP contribution < -0.4 is 4.74 Å². The zero-order valence-electron chi connectivity index (χ0n) is 12.2. The summed E-state index contributed by atoms with van der Waals surface area (Å²) < 4.78 is 8.27. The number of aryl methyl sites for hydroxylation is 1. The first-order valence-electron chi connectivity index (χ1n) is 6.58. The van der Waals surface area contributed by atoms with Crippen LogP contribution >= 0.6 is 27.7 Å². The maximum atomic E-state index is 5.63. The second-order valence-corrected chi connectivity index (χ2v) is 5.96. The Morgan fingerprint density at radius 2 is 2.24 bits per heavy atom. The summed E-state index contributed by atoms with van der Waals surface area (Å²) in [6, 6.07) is 5.89. The van der Waals surface area contributed by atoms with Gasteiger partial charge in [0.05, 0.1) is 17.3 Å². The average molecular weight is 369 g/mol. The third kappa shape index (κ3) is 4.07. The number of hydrogen-bond donors (Lipinski definition) is 0. The molecule has 0 saturated carbocycles. The number of halogens is 1. The van der Waals surface area contributed by atoms with E-state index in [-0.39, 0.29) is 0 Å². The summed E-state index contributed by atoms with van der Waals surface area (Å²) in [5.74, 6) is 1.61. The summed E-state index contributed by atoms with van der Waals surface area (Å²) in [5, 5.41) is 13.3. The van der Waals surface area contributed by atoms with Crippen molar-refractivity contribution in [2.75, 3.05) is 12.9 Å². The van der Waals surface area contributed by atoms with Crippen LogP contribution in [0, 0.1) is 6.92 Å². The molecule has 0 spiro atoms. The summed E-state index contributed by atoms with van der Waals surface area (Å²) in [6.07, 6.45) is 4.72. The fourth-order valence-corrected chi connectivity index (χ4v) is 2.64. The van der Waals surface area contributed by atoms with Crippen molar-refractivity contribution >= 4 is 33.9 Å². The summed E-state index contributed by atoms with van der Waals surface area (Å²) in [6.45, 7) is 4.67. The lowest BCUT2D eigenvalue weighted by molar-refractivity contribution is 0.315. The zero-order chi connectivity index (χ0) is 15.2. The first-order valence-corrected chi connectivity index (χ1v) is 8.60. The molecule has 5 nitrogen and oxygen atoms in total. The van der Waals surface area contributed by atoms with Gasteiger partial charge in [-0.3, -0.25) is 0 Å². The number of ether oxygens (including phenoxy) is 1. The third-order valence-corrected chi connectivity index (χ3v) is 3.93. The molecule has 0 atom stereocenters. The van der Waals surface area contributed by atoms with Gasteiger partial charge in [0.15, 0.2) is 5.82 Å². The van der Waals surface area contributed by atoms with E-state index in [0.29, 0.717) is 6.61 Å². The van der Waals surface area contributed by atoms with Gasteiger partial charge in [-0.05, 0) is 59.3 Å². The SMILES string of the molecule is CCCOc1ccc(/C=N\n2c(C)nnc2SC)cc1Br. The molecule has 1 heterocycles. The molecule has 0 aliphatic carbocycles. The van der Waals surface area contributed by atoms with E-state index in [9.17, 15) is 0 Å². The van der Waals surface area contributed by atoms with E-state index in [1.54, 1.807) is 10.9 Å². The summed E-state index contributed by atoms with van der Waals surface area (Å²) in [4.78, 5) is 0. The maximum absolute atomic E-state index is 5.63. The fraction of sp³-hybridized carbons (Fsp3) is 0.357. The van der Waals surface area contributed by atoms with E-state index in [2.05, 4.69) is 38.2 Å². The van der Waals surface area contributed by atoms with E-state index in [1.165, 1.54) is 11.8 Å². The number of rotatable bonds is 6. The molecule has 112 valence electrons. The van der Waals surface area contributed by atoms with E-state index >= 15 is 0 Å². The zero-order valence-corrected chi connectivity index (χ0v) is 14.6. The van der Waals surface area contributed by atoms with Gasteiger partial charge in [-0.25, -0.2) is 0 Å². The van der Waals surface area contributed by atoms with Crippen molar-refractivity contribution in [2.24, 2.45) is 5.10 Å². The van der Waals surface area contributed by atoms with E-state index in [4.69, 9.17) is 4.74 Å². The van der Waals surface area contributed by atoms with Crippen LogP contribution in [-0.4, -0.2) is 34.0 Å². The molecule has 0 N–H and O–H groups in total. The molecular formula is C14H17BrN4OS. The van der Waals surface area contributed by atoms with Crippen LogP contribution in [0.3, 0.4) is 0 Å². The van der Waals surface area contributed by atoms with Crippen LogP contribution in [0.1, 0.15) is 24.7 Å². The van der Waals surface area contributed by atoms with Crippen molar-refractivity contribution in [3.8, 4) is 5.75 Å². The normalized spacial score (nSPS) is 11.2. The Kier molecular flexibility index (Phi) is 5.81. The maximum Gasteiger partial charge on any atom is 0.211 e. The Morgan fingerprint density at radius 3 is 2.90 bits per heavy atom. The summed E-state index contributed by atoms with van der Waals surface area (Å²) in [7, 11) is 0. The molecule has 0 aliphatic rings. The highest BCUT2D eigenvalue weighted by Gasteiger charge is 2.06. The molecule has 21 heavy (non-hydrogen) atoms. The molecule has 1 aromatic heterocycles. The Morgan fingerprint density at radius 1 is 1.43 bits per heavy atom. The Balaban J connectivity index is 2.17. The van der Waals surface area contributed by atoms with Gasteiger partial charge in [0.1, 0.15) is 5.75 Å². The van der Waals surface area contributed by atoms with Crippen LogP contribution in [0.25, 0.3) is 0 Å². The van der Waals surface area contributed by atoms with Crippen LogP contribution in [0.2, 0.25) is 0 Å². The Bertz CT molecular complexity index is 642. The first-order chi connectivity index (χ1) is 10.2. The molecule has 0 saturated heterocycles. The first kappa shape index (κ1) is 16.0. The van der Waals surface area contributed by atoms with Gasteiger partial charge in [-0.1, -0.05) is 18.7 Å². The third-order valence-electron chi connectivity index (χ3n) is 2.69. The summed E-state index contributed by atoms with van der Waals surface area (Å²) in [5.41, 5.74) is 0.978. The smallest absolute Gasteiger partial charge is 0.211 e. The highest BCUT2D eigenvalue weighted by molar-refractivity contribution is 9.10. The number of aromatic nitrogens is 3. The molecular weight excluding hydrogens is 352 g/mol. The average Bonchev–Trinajstić information content (AvgIpc) is 2.84. The predicted molar refractivity (Wildman–Crippen MR) is 89.5 cm³/mol. The minimum atomic E-state index is 0.711.